The van der Waals surface area contributed by atoms with Crippen LogP contribution in [0.3, 0.4) is 0 Å². The number of ether oxygens (including phenoxy) is 3. The summed E-state index contributed by atoms with van der Waals surface area (Å²) in [6.45, 7) is 4.70. The lowest BCUT2D eigenvalue weighted by molar-refractivity contribution is -0.384. The molecule has 0 aliphatic heterocycles. The molecule has 7 nitrogen and oxygen atoms in total. The van der Waals surface area contributed by atoms with Crippen molar-refractivity contribution >= 4 is 11.4 Å². The van der Waals surface area contributed by atoms with Crippen molar-refractivity contribution in [2.24, 2.45) is 0 Å². The summed E-state index contributed by atoms with van der Waals surface area (Å²) in [6.07, 6.45) is 2.17. The van der Waals surface area contributed by atoms with Gasteiger partial charge in [0.25, 0.3) is 5.69 Å². The molecule has 0 radical (unpaired) electrons. The third kappa shape index (κ3) is 6.92. The first-order chi connectivity index (χ1) is 10.1. The molecular weight excluding hydrogens is 276 g/mol. The highest BCUT2D eigenvalue weighted by atomic mass is 16.6. The lowest BCUT2D eigenvalue weighted by Crippen LogP contribution is -2.11. The summed E-state index contributed by atoms with van der Waals surface area (Å²) in [4.78, 5) is 10.1. The zero-order valence-corrected chi connectivity index (χ0v) is 12.2. The van der Waals surface area contributed by atoms with Crippen molar-refractivity contribution in [2.75, 3.05) is 38.8 Å². The molecule has 1 aromatic carbocycles. The van der Waals surface area contributed by atoms with Gasteiger partial charge in [-0.25, -0.2) is 0 Å². The summed E-state index contributed by atoms with van der Waals surface area (Å²) in [6, 6.07) is 4.12. The number of nitro groups is 1. The number of nitrogen functional groups attached to an aromatic ring is 1. The van der Waals surface area contributed by atoms with Gasteiger partial charge in [0.15, 0.2) is 0 Å². The van der Waals surface area contributed by atoms with E-state index in [4.69, 9.17) is 19.9 Å². The number of rotatable bonds is 11. The Bertz CT molecular complexity index is 439. The lowest BCUT2D eigenvalue weighted by Gasteiger charge is -2.09. The van der Waals surface area contributed by atoms with Gasteiger partial charge < -0.3 is 19.9 Å². The van der Waals surface area contributed by atoms with E-state index in [2.05, 4.69) is 6.92 Å². The molecule has 0 bridgehead atoms. The molecule has 0 aromatic heterocycles. The van der Waals surface area contributed by atoms with Crippen LogP contribution in [0, 0.1) is 10.1 Å². The average Bonchev–Trinajstić information content (AvgIpc) is 2.46. The number of non-ortho nitro benzene ring substituents is 1. The summed E-state index contributed by atoms with van der Waals surface area (Å²) >= 11 is 0. The Kier molecular flexibility index (Phi) is 8.15. The zero-order valence-electron chi connectivity index (χ0n) is 12.2. The molecular formula is C14H22N2O5. The van der Waals surface area contributed by atoms with Crippen LogP contribution in [0.15, 0.2) is 18.2 Å². The van der Waals surface area contributed by atoms with Gasteiger partial charge in [-0.3, -0.25) is 10.1 Å². The fraction of sp³-hybridized carbons (Fsp3) is 0.571. The third-order valence-corrected chi connectivity index (χ3v) is 2.70. The number of anilines is 1. The van der Waals surface area contributed by atoms with Gasteiger partial charge in [0.2, 0.25) is 0 Å². The SMILES string of the molecule is CCCCOCCOCCOc1ccc([N+](=O)[O-])cc1N. The summed E-state index contributed by atoms with van der Waals surface area (Å²) in [5.41, 5.74) is 5.87. The minimum atomic E-state index is -0.498. The molecule has 0 aliphatic carbocycles. The summed E-state index contributed by atoms with van der Waals surface area (Å²) in [5, 5.41) is 10.6. The van der Waals surface area contributed by atoms with Crippen molar-refractivity contribution in [1.29, 1.82) is 0 Å². The molecule has 0 unspecified atom stereocenters. The van der Waals surface area contributed by atoms with Gasteiger partial charge in [-0.2, -0.15) is 0 Å². The second-order valence-electron chi connectivity index (χ2n) is 4.41. The molecule has 7 heteroatoms. The highest BCUT2D eigenvalue weighted by molar-refractivity contribution is 5.58. The molecule has 0 atom stereocenters. The van der Waals surface area contributed by atoms with Crippen molar-refractivity contribution in [1.82, 2.24) is 0 Å². The second kappa shape index (κ2) is 9.95. The van der Waals surface area contributed by atoms with Gasteiger partial charge in [-0.1, -0.05) is 13.3 Å². The molecule has 118 valence electrons. The van der Waals surface area contributed by atoms with E-state index >= 15 is 0 Å². The number of unbranched alkanes of at least 4 members (excludes halogenated alkanes) is 1. The van der Waals surface area contributed by atoms with E-state index in [-0.39, 0.29) is 11.4 Å². The number of hydrogen-bond donors (Lipinski definition) is 1. The Morgan fingerprint density at radius 1 is 1.14 bits per heavy atom. The Balaban J connectivity index is 2.14. The van der Waals surface area contributed by atoms with Gasteiger partial charge in [-0.05, 0) is 12.5 Å². The van der Waals surface area contributed by atoms with Crippen LogP contribution in [0.5, 0.6) is 5.75 Å². The monoisotopic (exact) mass is 298 g/mol. The third-order valence-electron chi connectivity index (χ3n) is 2.70. The van der Waals surface area contributed by atoms with Crippen LogP contribution in [0.2, 0.25) is 0 Å². The van der Waals surface area contributed by atoms with Gasteiger partial charge in [0.1, 0.15) is 12.4 Å². The quantitative estimate of drug-likeness (QED) is 0.291. The highest BCUT2D eigenvalue weighted by Crippen LogP contribution is 2.25. The van der Waals surface area contributed by atoms with Gasteiger partial charge in [0.05, 0.1) is 30.4 Å². The summed E-state index contributed by atoms with van der Waals surface area (Å²) < 4.78 is 16.1. The first kappa shape index (κ1) is 17.2. The molecule has 1 rings (SSSR count). The normalized spacial score (nSPS) is 10.5. The first-order valence-corrected chi connectivity index (χ1v) is 6.97. The van der Waals surface area contributed by atoms with Crippen molar-refractivity contribution in [2.45, 2.75) is 19.8 Å². The predicted molar refractivity (Wildman–Crippen MR) is 79.5 cm³/mol. The minimum Gasteiger partial charge on any atom is -0.489 e. The van der Waals surface area contributed by atoms with E-state index in [0.29, 0.717) is 32.2 Å². The minimum absolute atomic E-state index is 0.0553. The molecule has 0 saturated heterocycles. The molecule has 2 N–H and O–H groups in total. The van der Waals surface area contributed by atoms with E-state index < -0.39 is 4.92 Å². The van der Waals surface area contributed by atoms with E-state index in [9.17, 15) is 10.1 Å². The van der Waals surface area contributed by atoms with E-state index in [1.165, 1.54) is 18.2 Å². The van der Waals surface area contributed by atoms with Crippen LogP contribution in [-0.4, -0.2) is 38.0 Å². The average molecular weight is 298 g/mol. The Morgan fingerprint density at radius 3 is 2.43 bits per heavy atom. The van der Waals surface area contributed by atoms with Crippen LogP contribution >= 0.6 is 0 Å². The van der Waals surface area contributed by atoms with Crippen LogP contribution in [0.4, 0.5) is 11.4 Å². The van der Waals surface area contributed by atoms with Gasteiger partial charge in [0, 0.05) is 18.7 Å². The van der Waals surface area contributed by atoms with Crippen molar-refractivity contribution in [3.05, 3.63) is 28.3 Å². The Morgan fingerprint density at radius 2 is 1.81 bits per heavy atom. The largest absolute Gasteiger partial charge is 0.489 e. The highest BCUT2D eigenvalue weighted by Gasteiger charge is 2.09. The van der Waals surface area contributed by atoms with Crippen LogP contribution in [-0.2, 0) is 9.47 Å². The maximum Gasteiger partial charge on any atom is 0.271 e. The van der Waals surface area contributed by atoms with Gasteiger partial charge in [-0.15, -0.1) is 0 Å². The number of hydrogen-bond acceptors (Lipinski definition) is 6. The Labute approximate surface area is 124 Å². The maximum absolute atomic E-state index is 10.6. The van der Waals surface area contributed by atoms with Crippen molar-refractivity contribution in [3.63, 3.8) is 0 Å². The maximum atomic E-state index is 10.6. The number of benzene rings is 1. The van der Waals surface area contributed by atoms with Crippen LogP contribution in [0.1, 0.15) is 19.8 Å². The van der Waals surface area contributed by atoms with E-state index in [1.807, 2.05) is 0 Å². The van der Waals surface area contributed by atoms with Crippen molar-refractivity contribution in [3.8, 4) is 5.75 Å². The fourth-order valence-electron chi connectivity index (χ4n) is 1.56. The molecule has 0 amide bonds. The van der Waals surface area contributed by atoms with Crippen molar-refractivity contribution < 1.29 is 19.1 Å². The molecule has 0 saturated carbocycles. The number of nitrogens with zero attached hydrogens (tertiary/aromatic N) is 1. The van der Waals surface area contributed by atoms with E-state index in [1.54, 1.807) is 0 Å². The van der Waals surface area contributed by atoms with Crippen LogP contribution < -0.4 is 10.5 Å². The predicted octanol–water partition coefficient (Wildman–Crippen LogP) is 2.39. The number of nitro benzene ring substituents is 1. The molecule has 0 spiro atoms. The zero-order chi connectivity index (χ0) is 15.5. The fourth-order valence-corrected chi connectivity index (χ4v) is 1.56. The van der Waals surface area contributed by atoms with Crippen LogP contribution in [0.25, 0.3) is 0 Å². The second-order valence-corrected chi connectivity index (χ2v) is 4.41. The Hall–Kier alpha value is -1.86. The molecule has 0 aliphatic rings. The molecule has 1 aromatic rings. The molecule has 0 fully saturated rings. The van der Waals surface area contributed by atoms with E-state index in [0.717, 1.165) is 19.4 Å². The van der Waals surface area contributed by atoms with Gasteiger partial charge >= 0.3 is 0 Å². The number of nitrogens with two attached hydrogens (primary N) is 1. The molecule has 0 heterocycles. The first-order valence-electron chi connectivity index (χ1n) is 6.97. The standard InChI is InChI=1S/C14H22N2O5/c1-2-3-6-19-7-8-20-9-10-21-14-5-4-12(16(17)18)11-13(14)15/h4-5,11H,2-3,6-10,15H2,1H3. The topological polar surface area (TPSA) is 96.8 Å². The smallest absolute Gasteiger partial charge is 0.271 e. The lowest BCUT2D eigenvalue weighted by atomic mass is 10.2. The molecule has 21 heavy (non-hydrogen) atoms. The summed E-state index contributed by atoms with van der Waals surface area (Å²) in [5.74, 6) is 0.420. The summed E-state index contributed by atoms with van der Waals surface area (Å²) in [7, 11) is 0.